The number of aliphatic carboxylic acids is 1. The molecule has 0 fully saturated rings. The summed E-state index contributed by atoms with van der Waals surface area (Å²) in [6.45, 7) is 1.51. The Hall–Kier alpha value is -2.36. The standard InChI is InChI=1S/C15H13FO3/c1-9(15(18)19)10-5-6-13(14(16)8-10)11-3-2-4-12(17)7-11/h2-9,17H,1H3,(H,18,19). The van der Waals surface area contributed by atoms with E-state index in [1.54, 1.807) is 18.2 Å². The number of aromatic hydroxyl groups is 1. The minimum absolute atomic E-state index is 0.0554. The second-order valence-electron chi connectivity index (χ2n) is 4.35. The Kier molecular flexibility index (Phi) is 3.51. The smallest absolute Gasteiger partial charge is 0.310 e. The average molecular weight is 260 g/mol. The SMILES string of the molecule is CC(C(=O)O)c1ccc(-c2cccc(O)c2)c(F)c1. The van der Waals surface area contributed by atoms with Crippen molar-refractivity contribution in [1.29, 1.82) is 0 Å². The maximum atomic E-state index is 14.0. The zero-order valence-corrected chi connectivity index (χ0v) is 10.3. The van der Waals surface area contributed by atoms with Crippen LogP contribution in [0.5, 0.6) is 5.75 Å². The van der Waals surface area contributed by atoms with Gasteiger partial charge in [-0.05, 0) is 36.2 Å². The summed E-state index contributed by atoms with van der Waals surface area (Å²) in [5, 5.41) is 18.3. The number of halogens is 1. The largest absolute Gasteiger partial charge is 0.508 e. The lowest BCUT2D eigenvalue weighted by atomic mass is 9.97. The van der Waals surface area contributed by atoms with Gasteiger partial charge in [0.1, 0.15) is 11.6 Å². The predicted octanol–water partition coefficient (Wildman–Crippen LogP) is 3.39. The van der Waals surface area contributed by atoms with Crippen LogP contribution in [0.25, 0.3) is 11.1 Å². The quantitative estimate of drug-likeness (QED) is 0.889. The molecule has 0 saturated heterocycles. The highest BCUT2D eigenvalue weighted by Gasteiger charge is 2.16. The average Bonchev–Trinajstić information content (AvgIpc) is 2.37. The van der Waals surface area contributed by atoms with E-state index in [4.69, 9.17) is 5.11 Å². The predicted molar refractivity (Wildman–Crippen MR) is 69.6 cm³/mol. The van der Waals surface area contributed by atoms with Crippen LogP contribution in [0.3, 0.4) is 0 Å². The van der Waals surface area contributed by atoms with Crippen molar-refractivity contribution in [1.82, 2.24) is 0 Å². The van der Waals surface area contributed by atoms with Gasteiger partial charge < -0.3 is 10.2 Å². The van der Waals surface area contributed by atoms with Crippen molar-refractivity contribution in [3.8, 4) is 16.9 Å². The molecular weight excluding hydrogens is 247 g/mol. The van der Waals surface area contributed by atoms with E-state index in [-0.39, 0.29) is 5.75 Å². The van der Waals surface area contributed by atoms with Crippen LogP contribution >= 0.6 is 0 Å². The van der Waals surface area contributed by atoms with Gasteiger partial charge >= 0.3 is 5.97 Å². The van der Waals surface area contributed by atoms with Crippen molar-refractivity contribution in [3.63, 3.8) is 0 Å². The van der Waals surface area contributed by atoms with E-state index in [9.17, 15) is 14.3 Å². The number of carboxylic acid groups (broad SMARTS) is 1. The third-order valence-electron chi connectivity index (χ3n) is 3.02. The molecule has 0 amide bonds. The highest BCUT2D eigenvalue weighted by Crippen LogP contribution is 2.28. The zero-order valence-electron chi connectivity index (χ0n) is 10.3. The monoisotopic (exact) mass is 260 g/mol. The Morgan fingerprint density at radius 3 is 2.53 bits per heavy atom. The number of phenols is 1. The fourth-order valence-corrected chi connectivity index (χ4v) is 1.85. The van der Waals surface area contributed by atoms with Crippen molar-refractivity contribution in [2.24, 2.45) is 0 Å². The van der Waals surface area contributed by atoms with E-state index in [0.717, 1.165) is 0 Å². The maximum absolute atomic E-state index is 14.0. The summed E-state index contributed by atoms with van der Waals surface area (Å²) in [4.78, 5) is 10.9. The van der Waals surface area contributed by atoms with Gasteiger partial charge in [-0.15, -0.1) is 0 Å². The van der Waals surface area contributed by atoms with Crippen molar-refractivity contribution < 1.29 is 19.4 Å². The molecule has 0 heterocycles. The molecule has 0 bridgehead atoms. The van der Waals surface area contributed by atoms with Crippen LogP contribution in [0.2, 0.25) is 0 Å². The molecule has 2 aromatic rings. The van der Waals surface area contributed by atoms with E-state index >= 15 is 0 Å². The van der Waals surface area contributed by atoms with Gasteiger partial charge in [0.15, 0.2) is 0 Å². The van der Waals surface area contributed by atoms with Crippen molar-refractivity contribution in [2.45, 2.75) is 12.8 Å². The van der Waals surface area contributed by atoms with E-state index in [1.807, 2.05) is 0 Å². The first-order chi connectivity index (χ1) is 8.99. The van der Waals surface area contributed by atoms with Gasteiger partial charge in [-0.1, -0.05) is 24.3 Å². The van der Waals surface area contributed by atoms with E-state index in [1.165, 1.54) is 31.2 Å². The summed E-state index contributed by atoms with van der Waals surface area (Å²) in [5.41, 5.74) is 1.29. The summed E-state index contributed by atoms with van der Waals surface area (Å²) in [5.74, 6) is -2.20. The maximum Gasteiger partial charge on any atom is 0.310 e. The number of phenolic OH excluding ortho intramolecular Hbond substituents is 1. The molecular formula is C15H13FO3. The highest BCUT2D eigenvalue weighted by molar-refractivity contribution is 5.76. The van der Waals surface area contributed by atoms with E-state index in [0.29, 0.717) is 16.7 Å². The normalized spacial score (nSPS) is 12.1. The molecule has 1 atom stereocenters. The van der Waals surface area contributed by atoms with Crippen LogP contribution in [-0.4, -0.2) is 16.2 Å². The molecule has 2 rings (SSSR count). The van der Waals surface area contributed by atoms with Crippen LogP contribution < -0.4 is 0 Å². The lowest BCUT2D eigenvalue weighted by Gasteiger charge is -2.09. The molecule has 0 aliphatic heterocycles. The molecule has 0 aromatic heterocycles. The van der Waals surface area contributed by atoms with Crippen LogP contribution in [0, 0.1) is 5.82 Å². The Balaban J connectivity index is 2.42. The molecule has 2 N–H and O–H groups in total. The van der Waals surface area contributed by atoms with Gasteiger partial charge in [0.2, 0.25) is 0 Å². The fraction of sp³-hybridized carbons (Fsp3) is 0.133. The lowest BCUT2D eigenvalue weighted by Crippen LogP contribution is -2.07. The Morgan fingerprint density at radius 1 is 1.21 bits per heavy atom. The van der Waals surface area contributed by atoms with Crippen LogP contribution in [0.15, 0.2) is 42.5 Å². The molecule has 4 heteroatoms. The number of hydrogen-bond acceptors (Lipinski definition) is 2. The minimum atomic E-state index is -0.996. The molecule has 0 saturated carbocycles. The Morgan fingerprint density at radius 2 is 1.95 bits per heavy atom. The summed E-state index contributed by atoms with van der Waals surface area (Å²) in [6.07, 6.45) is 0. The van der Waals surface area contributed by atoms with E-state index < -0.39 is 17.7 Å². The van der Waals surface area contributed by atoms with Crippen molar-refractivity contribution in [3.05, 3.63) is 53.8 Å². The van der Waals surface area contributed by atoms with E-state index in [2.05, 4.69) is 0 Å². The first-order valence-corrected chi connectivity index (χ1v) is 5.80. The Bertz CT molecular complexity index is 623. The fourth-order valence-electron chi connectivity index (χ4n) is 1.85. The minimum Gasteiger partial charge on any atom is -0.508 e. The third kappa shape index (κ3) is 2.73. The second-order valence-corrected chi connectivity index (χ2v) is 4.35. The molecule has 1 unspecified atom stereocenters. The first-order valence-electron chi connectivity index (χ1n) is 5.80. The summed E-state index contributed by atoms with van der Waals surface area (Å²) in [7, 11) is 0. The summed E-state index contributed by atoms with van der Waals surface area (Å²) in [6, 6.07) is 10.6. The first kappa shape index (κ1) is 13.1. The van der Waals surface area contributed by atoms with Crippen molar-refractivity contribution >= 4 is 5.97 Å². The molecule has 0 aliphatic rings. The van der Waals surface area contributed by atoms with Crippen LogP contribution in [0.1, 0.15) is 18.4 Å². The van der Waals surface area contributed by atoms with Crippen molar-refractivity contribution in [2.75, 3.05) is 0 Å². The third-order valence-corrected chi connectivity index (χ3v) is 3.02. The molecule has 0 aliphatic carbocycles. The van der Waals surface area contributed by atoms with Gasteiger partial charge in [-0.2, -0.15) is 0 Å². The highest BCUT2D eigenvalue weighted by atomic mass is 19.1. The van der Waals surface area contributed by atoms with Crippen LogP contribution in [0.4, 0.5) is 4.39 Å². The number of rotatable bonds is 3. The molecule has 0 spiro atoms. The lowest BCUT2D eigenvalue weighted by molar-refractivity contribution is -0.138. The number of benzene rings is 2. The van der Waals surface area contributed by atoms with Gasteiger partial charge in [-0.25, -0.2) is 4.39 Å². The number of carbonyl (C=O) groups is 1. The van der Waals surface area contributed by atoms with Crippen LogP contribution in [-0.2, 0) is 4.79 Å². The summed E-state index contributed by atoms with van der Waals surface area (Å²) < 4.78 is 14.0. The van der Waals surface area contributed by atoms with Gasteiger partial charge in [0.05, 0.1) is 5.92 Å². The second kappa shape index (κ2) is 5.10. The van der Waals surface area contributed by atoms with Gasteiger partial charge in [0.25, 0.3) is 0 Å². The topological polar surface area (TPSA) is 57.5 Å². The van der Waals surface area contributed by atoms with Gasteiger partial charge in [-0.3, -0.25) is 4.79 Å². The molecule has 3 nitrogen and oxygen atoms in total. The molecule has 2 aromatic carbocycles. The molecule has 0 radical (unpaired) electrons. The summed E-state index contributed by atoms with van der Waals surface area (Å²) >= 11 is 0. The molecule has 98 valence electrons. The zero-order chi connectivity index (χ0) is 14.0. The van der Waals surface area contributed by atoms with Gasteiger partial charge in [0, 0.05) is 5.56 Å². The molecule has 19 heavy (non-hydrogen) atoms. The Labute approximate surface area is 109 Å². The number of carboxylic acids is 1. The number of hydrogen-bond donors (Lipinski definition) is 2.